The second kappa shape index (κ2) is 4.70. The first-order valence-electron chi connectivity index (χ1n) is 7.76. The number of rotatable bonds is 1. The SMILES string of the molecule is CC12CC(c3ccccc3O1)n1c(s/c(=C/c3ccoc3)c1=O)=N2. The molecule has 0 saturated carbocycles. The van der Waals surface area contributed by atoms with E-state index in [0.29, 0.717) is 15.8 Å². The Labute approximate surface area is 141 Å². The molecule has 0 amide bonds. The molecule has 2 aliphatic rings. The number of hydrogen-bond donors (Lipinski definition) is 0. The Morgan fingerprint density at radius 3 is 3.08 bits per heavy atom. The Morgan fingerprint density at radius 2 is 2.25 bits per heavy atom. The Balaban J connectivity index is 1.80. The molecule has 0 saturated heterocycles. The van der Waals surface area contributed by atoms with Gasteiger partial charge in [-0.15, -0.1) is 0 Å². The monoisotopic (exact) mass is 338 g/mol. The van der Waals surface area contributed by atoms with Gasteiger partial charge in [-0.2, -0.15) is 0 Å². The second-order valence-corrected chi connectivity index (χ2v) is 7.28. The molecule has 2 unspecified atom stereocenters. The first-order chi connectivity index (χ1) is 11.6. The minimum atomic E-state index is -0.622. The number of nitrogens with zero attached hydrogens (tertiary/aromatic N) is 2. The van der Waals surface area contributed by atoms with Gasteiger partial charge in [0.15, 0.2) is 4.80 Å². The molecule has 0 fully saturated rings. The van der Waals surface area contributed by atoms with Crippen LogP contribution in [0.4, 0.5) is 0 Å². The maximum Gasteiger partial charge on any atom is 0.270 e. The maximum atomic E-state index is 13.0. The van der Waals surface area contributed by atoms with Gasteiger partial charge in [0.2, 0.25) is 5.72 Å². The number of furan rings is 1. The third-order valence-electron chi connectivity index (χ3n) is 4.50. The minimum absolute atomic E-state index is 0.0105. The number of ether oxygens (including phenoxy) is 1. The van der Waals surface area contributed by atoms with E-state index in [1.807, 2.05) is 43.3 Å². The molecule has 24 heavy (non-hydrogen) atoms. The predicted octanol–water partition coefficient (Wildman–Crippen LogP) is 2.05. The van der Waals surface area contributed by atoms with Gasteiger partial charge < -0.3 is 9.15 Å². The van der Waals surface area contributed by atoms with Crippen molar-refractivity contribution in [3.05, 3.63) is 73.7 Å². The van der Waals surface area contributed by atoms with Crippen molar-refractivity contribution in [1.29, 1.82) is 0 Å². The van der Waals surface area contributed by atoms with E-state index in [2.05, 4.69) is 0 Å². The van der Waals surface area contributed by atoms with E-state index in [9.17, 15) is 4.79 Å². The van der Waals surface area contributed by atoms with E-state index >= 15 is 0 Å². The molecule has 6 heteroatoms. The zero-order chi connectivity index (χ0) is 16.3. The fraction of sp³-hybridized carbons (Fsp3) is 0.222. The van der Waals surface area contributed by atoms with Crippen molar-refractivity contribution in [2.45, 2.75) is 25.1 Å². The molecule has 0 spiro atoms. The highest BCUT2D eigenvalue weighted by Crippen LogP contribution is 2.42. The van der Waals surface area contributed by atoms with Gasteiger partial charge in [-0.1, -0.05) is 29.5 Å². The Hall–Kier alpha value is -2.60. The number of aromatic nitrogens is 1. The molecule has 120 valence electrons. The van der Waals surface area contributed by atoms with Crippen LogP contribution in [-0.2, 0) is 0 Å². The first kappa shape index (κ1) is 13.8. The van der Waals surface area contributed by atoms with Crippen LogP contribution < -0.4 is 19.6 Å². The van der Waals surface area contributed by atoms with Crippen LogP contribution in [-0.4, -0.2) is 10.3 Å². The zero-order valence-electron chi connectivity index (χ0n) is 12.9. The lowest BCUT2D eigenvalue weighted by Crippen LogP contribution is -2.49. The molecule has 2 atom stereocenters. The lowest BCUT2D eigenvalue weighted by Gasteiger charge is -2.39. The number of benzene rings is 1. The van der Waals surface area contributed by atoms with Gasteiger partial charge in [-0.25, -0.2) is 4.99 Å². The Morgan fingerprint density at radius 1 is 1.38 bits per heavy atom. The molecule has 4 heterocycles. The summed E-state index contributed by atoms with van der Waals surface area (Å²) in [4.78, 5) is 18.4. The molecule has 0 radical (unpaired) electrons. The lowest BCUT2D eigenvalue weighted by atomic mass is 9.93. The summed E-state index contributed by atoms with van der Waals surface area (Å²) in [7, 11) is 0. The van der Waals surface area contributed by atoms with Gasteiger partial charge in [0.1, 0.15) is 5.75 Å². The van der Waals surface area contributed by atoms with Crippen LogP contribution in [0.25, 0.3) is 6.08 Å². The van der Waals surface area contributed by atoms with Crippen molar-refractivity contribution < 1.29 is 9.15 Å². The molecule has 2 bridgehead atoms. The zero-order valence-corrected chi connectivity index (χ0v) is 13.7. The van der Waals surface area contributed by atoms with Crippen LogP contribution in [0.5, 0.6) is 5.75 Å². The molecule has 2 aromatic heterocycles. The van der Waals surface area contributed by atoms with Gasteiger partial charge in [0.05, 0.1) is 23.1 Å². The van der Waals surface area contributed by atoms with Crippen LogP contribution in [0.1, 0.15) is 30.5 Å². The summed E-state index contributed by atoms with van der Waals surface area (Å²) in [5.74, 6) is 0.809. The quantitative estimate of drug-likeness (QED) is 0.682. The van der Waals surface area contributed by atoms with Crippen molar-refractivity contribution in [3.63, 3.8) is 0 Å². The van der Waals surface area contributed by atoms with Gasteiger partial charge >= 0.3 is 0 Å². The molecule has 3 aromatic rings. The largest absolute Gasteiger partial charge is 0.472 e. The van der Waals surface area contributed by atoms with Gasteiger partial charge in [-0.3, -0.25) is 9.36 Å². The maximum absolute atomic E-state index is 13.0. The summed E-state index contributed by atoms with van der Waals surface area (Å²) in [5, 5.41) is 0. The number of fused-ring (bicyclic) bond motifs is 6. The van der Waals surface area contributed by atoms with Gasteiger partial charge in [0.25, 0.3) is 5.56 Å². The van der Waals surface area contributed by atoms with Crippen molar-refractivity contribution in [2.24, 2.45) is 4.99 Å². The smallest absolute Gasteiger partial charge is 0.270 e. The average Bonchev–Trinajstić information content (AvgIpc) is 3.16. The average molecular weight is 338 g/mol. The van der Waals surface area contributed by atoms with Crippen molar-refractivity contribution in [2.75, 3.05) is 0 Å². The van der Waals surface area contributed by atoms with Crippen LogP contribution in [0.2, 0.25) is 0 Å². The number of hydrogen-bond acceptors (Lipinski definition) is 5. The van der Waals surface area contributed by atoms with E-state index in [1.54, 1.807) is 17.1 Å². The summed E-state index contributed by atoms with van der Waals surface area (Å²) >= 11 is 1.40. The fourth-order valence-corrected chi connectivity index (χ4v) is 4.57. The second-order valence-electron chi connectivity index (χ2n) is 6.27. The molecule has 5 nitrogen and oxygen atoms in total. The van der Waals surface area contributed by atoms with Gasteiger partial charge in [0, 0.05) is 17.5 Å². The van der Waals surface area contributed by atoms with E-state index in [1.165, 1.54) is 11.3 Å². The highest BCUT2D eigenvalue weighted by atomic mass is 32.1. The predicted molar refractivity (Wildman–Crippen MR) is 89.9 cm³/mol. The van der Waals surface area contributed by atoms with Crippen molar-refractivity contribution >= 4 is 17.4 Å². The van der Waals surface area contributed by atoms with Crippen LogP contribution in [0.3, 0.4) is 0 Å². The summed E-state index contributed by atoms with van der Waals surface area (Å²) in [5.41, 5.74) is 1.28. The van der Waals surface area contributed by atoms with Crippen LogP contribution in [0, 0.1) is 0 Å². The fourth-order valence-electron chi connectivity index (χ4n) is 3.45. The molecule has 0 N–H and O–H groups in total. The van der Waals surface area contributed by atoms with Crippen LogP contribution in [0.15, 0.2) is 57.1 Å². The van der Waals surface area contributed by atoms with E-state index in [4.69, 9.17) is 14.1 Å². The summed E-state index contributed by atoms with van der Waals surface area (Å²) in [6.07, 6.45) is 5.73. The highest BCUT2D eigenvalue weighted by Gasteiger charge is 2.42. The molecule has 0 aliphatic carbocycles. The van der Waals surface area contributed by atoms with E-state index in [0.717, 1.165) is 16.9 Å². The normalized spacial score (nSPS) is 24.7. The third-order valence-corrected chi connectivity index (χ3v) is 5.48. The van der Waals surface area contributed by atoms with Crippen molar-refractivity contribution in [3.8, 4) is 5.75 Å². The number of thiazole rings is 1. The topological polar surface area (TPSA) is 56.7 Å². The molecule has 1 aromatic carbocycles. The number of para-hydroxylation sites is 1. The molecular formula is C18H14N2O3S. The Kier molecular flexibility index (Phi) is 2.71. The molecular weight excluding hydrogens is 324 g/mol. The lowest BCUT2D eigenvalue weighted by molar-refractivity contribution is 0.0410. The van der Waals surface area contributed by atoms with Crippen molar-refractivity contribution in [1.82, 2.24) is 4.57 Å². The minimum Gasteiger partial charge on any atom is -0.472 e. The first-order valence-corrected chi connectivity index (χ1v) is 8.58. The summed E-state index contributed by atoms with van der Waals surface area (Å²) in [6, 6.07) is 9.68. The summed E-state index contributed by atoms with van der Waals surface area (Å²) in [6.45, 7) is 1.98. The van der Waals surface area contributed by atoms with Gasteiger partial charge in [-0.05, 0) is 25.1 Å². The molecule has 2 aliphatic heterocycles. The molecule has 5 rings (SSSR count). The van der Waals surface area contributed by atoms with Crippen LogP contribution >= 0.6 is 11.3 Å². The van der Waals surface area contributed by atoms with E-state index in [-0.39, 0.29) is 11.6 Å². The summed E-state index contributed by atoms with van der Waals surface area (Å²) < 4.78 is 13.6. The third kappa shape index (κ3) is 1.93. The standard InChI is InChI=1S/C18H14N2O3S/c1-18-9-13(12-4-2-3-5-14(12)23-18)20-16(21)15(24-17(20)19-18)8-11-6-7-22-10-11/h2-8,10,13H,9H2,1H3/b15-8+. The Bertz CT molecular complexity index is 1110. The highest BCUT2D eigenvalue weighted by molar-refractivity contribution is 7.07. The van der Waals surface area contributed by atoms with E-state index < -0.39 is 5.72 Å².